The van der Waals surface area contributed by atoms with Gasteiger partial charge in [-0.05, 0) is 48.7 Å². The van der Waals surface area contributed by atoms with Gasteiger partial charge in [0.15, 0.2) is 6.61 Å². The molecule has 0 aliphatic carbocycles. The van der Waals surface area contributed by atoms with E-state index in [0.29, 0.717) is 11.3 Å². The number of halogens is 1. The quantitative estimate of drug-likeness (QED) is 0.826. The van der Waals surface area contributed by atoms with Crippen molar-refractivity contribution >= 4 is 11.8 Å². The lowest BCUT2D eigenvalue weighted by molar-refractivity contribution is -0.129. The molecular weight excluding hydrogens is 311 g/mol. The summed E-state index contributed by atoms with van der Waals surface area (Å²) in [5.74, 6) is -0.716. The van der Waals surface area contributed by atoms with Crippen LogP contribution in [-0.4, -0.2) is 18.4 Å². The third-order valence-corrected chi connectivity index (χ3v) is 3.30. The summed E-state index contributed by atoms with van der Waals surface area (Å²) < 4.78 is 18.5. The van der Waals surface area contributed by atoms with Gasteiger partial charge in [0.25, 0.3) is 5.91 Å². The Balaban J connectivity index is 1.76. The first-order chi connectivity index (χ1) is 11.4. The second-order valence-electron chi connectivity index (χ2n) is 5.46. The van der Waals surface area contributed by atoms with Crippen LogP contribution in [0.1, 0.15) is 16.7 Å². The molecule has 0 aliphatic rings. The van der Waals surface area contributed by atoms with Crippen molar-refractivity contribution in [3.8, 4) is 5.75 Å². The molecule has 0 heterocycles. The van der Waals surface area contributed by atoms with E-state index in [2.05, 4.69) is 10.9 Å². The Hall–Kier alpha value is -2.89. The molecule has 6 heteroatoms. The van der Waals surface area contributed by atoms with E-state index < -0.39 is 17.6 Å². The van der Waals surface area contributed by atoms with Crippen molar-refractivity contribution in [2.75, 3.05) is 6.61 Å². The molecule has 0 aliphatic heterocycles. The molecule has 126 valence electrons. The number of hydrazine groups is 1. The van der Waals surface area contributed by atoms with Crippen LogP contribution in [0.15, 0.2) is 42.5 Å². The molecule has 0 radical (unpaired) electrons. The van der Waals surface area contributed by atoms with E-state index in [1.165, 1.54) is 18.2 Å². The van der Waals surface area contributed by atoms with Crippen LogP contribution in [0.3, 0.4) is 0 Å². The number of hydrogen-bond acceptors (Lipinski definition) is 3. The van der Waals surface area contributed by atoms with Gasteiger partial charge in [0.2, 0.25) is 5.91 Å². The van der Waals surface area contributed by atoms with Crippen molar-refractivity contribution in [3.63, 3.8) is 0 Å². The summed E-state index contributed by atoms with van der Waals surface area (Å²) in [7, 11) is 0. The Morgan fingerprint density at radius 2 is 1.79 bits per heavy atom. The standard InChI is InChI=1S/C18H19FN2O3/c1-12-6-7-13(2)16(8-12)24-11-18(23)21-20-17(22)10-14-4-3-5-15(19)9-14/h3-9H,10-11H2,1-2H3,(H,20,22)(H,21,23). The van der Waals surface area contributed by atoms with Crippen molar-refractivity contribution in [1.29, 1.82) is 0 Å². The molecule has 0 atom stereocenters. The average Bonchev–Trinajstić information content (AvgIpc) is 2.54. The number of carbonyl (C=O) groups excluding carboxylic acids is 2. The van der Waals surface area contributed by atoms with Crippen LogP contribution in [0.25, 0.3) is 0 Å². The van der Waals surface area contributed by atoms with Crippen LogP contribution < -0.4 is 15.6 Å². The molecule has 0 spiro atoms. The predicted molar refractivity (Wildman–Crippen MR) is 87.8 cm³/mol. The van der Waals surface area contributed by atoms with Crippen molar-refractivity contribution in [2.45, 2.75) is 20.3 Å². The molecule has 24 heavy (non-hydrogen) atoms. The molecule has 0 unspecified atom stereocenters. The highest BCUT2D eigenvalue weighted by Crippen LogP contribution is 2.18. The normalized spacial score (nSPS) is 10.1. The van der Waals surface area contributed by atoms with E-state index in [0.717, 1.165) is 11.1 Å². The number of aryl methyl sites for hydroxylation is 2. The topological polar surface area (TPSA) is 67.4 Å². The third kappa shape index (κ3) is 5.39. The first-order valence-electron chi connectivity index (χ1n) is 7.46. The number of benzene rings is 2. The summed E-state index contributed by atoms with van der Waals surface area (Å²) in [6, 6.07) is 11.4. The lowest BCUT2D eigenvalue weighted by Gasteiger charge is -2.11. The van der Waals surface area contributed by atoms with Gasteiger partial charge in [0, 0.05) is 0 Å². The fraction of sp³-hybridized carbons (Fsp3) is 0.222. The molecular formula is C18H19FN2O3. The van der Waals surface area contributed by atoms with Gasteiger partial charge in [-0.2, -0.15) is 0 Å². The molecule has 0 bridgehead atoms. The van der Waals surface area contributed by atoms with E-state index in [1.54, 1.807) is 6.07 Å². The lowest BCUT2D eigenvalue weighted by Crippen LogP contribution is -2.44. The van der Waals surface area contributed by atoms with Gasteiger partial charge in [-0.3, -0.25) is 20.4 Å². The largest absolute Gasteiger partial charge is 0.483 e. The summed E-state index contributed by atoms with van der Waals surface area (Å²) in [6.07, 6.45) is -0.0319. The third-order valence-electron chi connectivity index (χ3n) is 3.30. The number of hydrogen-bond donors (Lipinski definition) is 2. The van der Waals surface area contributed by atoms with Gasteiger partial charge >= 0.3 is 0 Å². The number of amides is 2. The molecule has 5 nitrogen and oxygen atoms in total. The zero-order valence-corrected chi connectivity index (χ0v) is 13.6. The smallest absolute Gasteiger partial charge is 0.276 e. The molecule has 0 aromatic heterocycles. The zero-order valence-electron chi connectivity index (χ0n) is 13.6. The minimum atomic E-state index is -0.483. The van der Waals surface area contributed by atoms with Crippen LogP contribution in [0.5, 0.6) is 5.75 Å². The second-order valence-corrected chi connectivity index (χ2v) is 5.46. The van der Waals surface area contributed by atoms with Crippen LogP contribution >= 0.6 is 0 Å². The first-order valence-corrected chi connectivity index (χ1v) is 7.46. The van der Waals surface area contributed by atoms with Crippen molar-refractivity contribution in [1.82, 2.24) is 10.9 Å². The Labute approximate surface area is 139 Å². The maximum Gasteiger partial charge on any atom is 0.276 e. The van der Waals surface area contributed by atoms with Crippen molar-refractivity contribution < 1.29 is 18.7 Å². The fourth-order valence-corrected chi connectivity index (χ4v) is 2.06. The van der Waals surface area contributed by atoms with Gasteiger partial charge in [-0.1, -0.05) is 24.3 Å². The van der Waals surface area contributed by atoms with Crippen LogP contribution in [0, 0.1) is 19.7 Å². The summed E-state index contributed by atoms with van der Waals surface area (Å²) in [6.45, 7) is 3.59. The molecule has 0 saturated heterocycles. The Morgan fingerprint density at radius 1 is 1.04 bits per heavy atom. The van der Waals surface area contributed by atoms with Gasteiger partial charge in [0.05, 0.1) is 6.42 Å². The van der Waals surface area contributed by atoms with E-state index in [1.807, 2.05) is 32.0 Å². The summed E-state index contributed by atoms with van der Waals surface area (Å²) in [5.41, 5.74) is 7.00. The van der Waals surface area contributed by atoms with Crippen molar-refractivity contribution in [3.05, 3.63) is 65.0 Å². The summed E-state index contributed by atoms with van der Waals surface area (Å²) in [5, 5.41) is 0. The molecule has 2 rings (SSSR count). The van der Waals surface area contributed by atoms with Crippen molar-refractivity contribution in [2.24, 2.45) is 0 Å². The number of rotatable bonds is 5. The lowest BCUT2D eigenvalue weighted by atomic mass is 10.1. The maximum atomic E-state index is 13.0. The van der Waals surface area contributed by atoms with Crippen LogP contribution in [0.2, 0.25) is 0 Å². The molecule has 2 aromatic rings. The van der Waals surface area contributed by atoms with Gasteiger partial charge in [-0.25, -0.2) is 4.39 Å². The van der Waals surface area contributed by atoms with E-state index >= 15 is 0 Å². The molecule has 2 N–H and O–H groups in total. The van der Waals surface area contributed by atoms with Gasteiger partial charge < -0.3 is 4.74 Å². The van der Waals surface area contributed by atoms with Gasteiger partial charge in [0.1, 0.15) is 11.6 Å². The number of carbonyl (C=O) groups is 2. The minimum Gasteiger partial charge on any atom is -0.483 e. The van der Waals surface area contributed by atoms with Crippen LogP contribution in [0.4, 0.5) is 4.39 Å². The number of ether oxygens (including phenoxy) is 1. The highest BCUT2D eigenvalue weighted by Gasteiger charge is 2.08. The second kappa shape index (κ2) is 8.10. The Bertz CT molecular complexity index is 747. The highest BCUT2D eigenvalue weighted by molar-refractivity contribution is 5.83. The molecule has 0 saturated carbocycles. The monoisotopic (exact) mass is 330 g/mol. The Kier molecular flexibility index (Phi) is 5.89. The minimum absolute atomic E-state index is 0.0319. The number of nitrogens with one attached hydrogen (secondary N) is 2. The van der Waals surface area contributed by atoms with E-state index in [4.69, 9.17) is 4.74 Å². The average molecular weight is 330 g/mol. The van der Waals surface area contributed by atoms with E-state index in [-0.39, 0.29) is 13.0 Å². The SMILES string of the molecule is Cc1ccc(C)c(OCC(=O)NNC(=O)Cc2cccc(F)c2)c1. The van der Waals surface area contributed by atoms with E-state index in [9.17, 15) is 14.0 Å². The highest BCUT2D eigenvalue weighted by atomic mass is 19.1. The molecule has 2 aromatic carbocycles. The summed E-state index contributed by atoms with van der Waals surface area (Å²) in [4.78, 5) is 23.4. The molecule has 0 fully saturated rings. The summed E-state index contributed by atoms with van der Waals surface area (Å²) >= 11 is 0. The zero-order chi connectivity index (χ0) is 17.5. The Morgan fingerprint density at radius 3 is 2.54 bits per heavy atom. The maximum absolute atomic E-state index is 13.0. The fourth-order valence-electron chi connectivity index (χ4n) is 2.06. The van der Waals surface area contributed by atoms with Crippen LogP contribution in [-0.2, 0) is 16.0 Å². The predicted octanol–water partition coefficient (Wildman–Crippen LogP) is 2.21. The molecule has 2 amide bonds. The first kappa shape index (κ1) is 17.5. The van der Waals surface area contributed by atoms with Gasteiger partial charge in [-0.15, -0.1) is 0 Å².